The van der Waals surface area contributed by atoms with Crippen LogP contribution in [0.4, 0.5) is 0 Å². The standard InChI is InChI=1S/C14H17NO/c1-9-7-8-12-13(14(9)16)10-5-3-4-6-11(10)15(12)2/h3-4,6,10,12-13H,1,5,7-8H2,2H3. The summed E-state index contributed by atoms with van der Waals surface area (Å²) < 4.78 is 0. The molecule has 2 fully saturated rings. The number of rotatable bonds is 0. The number of carbonyl (C=O) groups excluding carboxylic acids is 1. The molecule has 0 aromatic rings. The normalized spacial score (nSPS) is 37.2. The van der Waals surface area contributed by atoms with E-state index in [1.165, 1.54) is 5.70 Å². The summed E-state index contributed by atoms with van der Waals surface area (Å²) in [6, 6.07) is 0.411. The fraction of sp³-hybridized carbons (Fsp3) is 0.500. The van der Waals surface area contributed by atoms with Crippen LogP contribution < -0.4 is 0 Å². The summed E-state index contributed by atoms with van der Waals surface area (Å²) in [6.45, 7) is 3.91. The van der Waals surface area contributed by atoms with E-state index in [9.17, 15) is 4.79 Å². The Hall–Kier alpha value is -1.31. The van der Waals surface area contributed by atoms with Crippen molar-refractivity contribution in [3.8, 4) is 0 Å². The fourth-order valence-corrected chi connectivity index (χ4v) is 3.46. The van der Waals surface area contributed by atoms with Gasteiger partial charge in [0, 0.05) is 24.7 Å². The van der Waals surface area contributed by atoms with Gasteiger partial charge in [-0.25, -0.2) is 0 Å². The molecule has 0 spiro atoms. The third kappa shape index (κ3) is 1.16. The molecular weight excluding hydrogens is 198 g/mol. The smallest absolute Gasteiger partial charge is 0.164 e. The minimum atomic E-state index is 0.169. The van der Waals surface area contributed by atoms with Gasteiger partial charge in [0.15, 0.2) is 5.78 Å². The van der Waals surface area contributed by atoms with Crippen LogP contribution in [0, 0.1) is 11.8 Å². The summed E-state index contributed by atoms with van der Waals surface area (Å²) >= 11 is 0. The van der Waals surface area contributed by atoms with Crippen LogP contribution in [0.25, 0.3) is 0 Å². The van der Waals surface area contributed by atoms with Crippen LogP contribution >= 0.6 is 0 Å². The highest BCUT2D eigenvalue weighted by molar-refractivity contribution is 5.98. The molecule has 1 saturated carbocycles. The van der Waals surface area contributed by atoms with E-state index >= 15 is 0 Å². The molecule has 3 atom stereocenters. The zero-order valence-corrected chi connectivity index (χ0v) is 9.65. The molecule has 1 heterocycles. The number of nitrogens with zero attached hydrogens (tertiary/aromatic N) is 1. The van der Waals surface area contributed by atoms with Gasteiger partial charge in [0.25, 0.3) is 0 Å². The van der Waals surface area contributed by atoms with Crippen molar-refractivity contribution in [3.63, 3.8) is 0 Å². The Balaban J connectivity index is 2.01. The molecule has 2 nitrogen and oxygen atoms in total. The molecule has 3 aliphatic rings. The number of Topliss-reactive ketones (excluding diaryl/α,β-unsaturated/α-hetero) is 1. The van der Waals surface area contributed by atoms with Crippen molar-refractivity contribution in [1.29, 1.82) is 0 Å². The fourth-order valence-electron chi connectivity index (χ4n) is 3.46. The first-order valence-electron chi connectivity index (χ1n) is 6.01. The summed E-state index contributed by atoms with van der Waals surface area (Å²) in [5.74, 6) is 0.888. The topological polar surface area (TPSA) is 20.3 Å². The minimum absolute atomic E-state index is 0.169. The molecule has 0 bridgehead atoms. The highest BCUT2D eigenvalue weighted by atomic mass is 16.1. The van der Waals surface area contributed by atoms with E-state index < -0.39 is 0 Å². The minimum Gasteiger partial charge on any atom is -0.374 e. The molecule has 1 aliphatic heterocycles. The Morgan fingerprint density at radius 1 is 1.50 bits per heavy atom. The monoisotopic (exact) mass is 215 g/mol. The van der Waals surface area contributed by atoms with E-state index in [0.29, 0.717) is 17.7 Å². The molecule has 2 heteroatoms. The third-order valence-corrected chi connectivity index (χ3v) is 4.32. The number of fused-ring (bicyclic) bond motifs is 3. The van der Waals surface area contributed by atoms with E-state index in [0.717, 1.165) is 24.8 Å². The van der Waals surface area contributed by atoms with Crippen LogP contribution in [0.1, 0.15) is 19.3 Å². The predicted octanol–water partition coefficient (Wildman–Crippen LogP) is 2.30. The molecule has 3 unspecified atom stereocenters. The first-order chi connectivity index (χ1) is 7.70. The van der Waals surface area contributed by atoms with Gasteiger partial charge in [0.05, 0.1) is 5.92 Å². The van der Waals surface area contributed by atoms with Crippen LogP contribution in [-0.2, 0) is 4.79 Å². The number of hydrogen-bond donors (Lipinski definition) is 0. The zero-order chi connectivity index (χ0) is 11.3. The van der Waals surface area contributed by atoms with Gasteiger partial charge < -0.3 is 4.90 Å². The molecule has 2 aliphatic carbocycles. The third-order valence-electron chi connectivity index (χ3n) is 4.32. The van der Waals surface area contributed by atoms with E-state index in [4.69, 9.17) is 0 Å². The summed E-state index contributed by atoms with van der Waals surface area (Å²) in [5.41, 5.74) is 2.19. The van der Waals surface area contributed by atoms with Crippen LogP contribution in [0.5, 0.6) is 0 Å². The second-order valence-electron chi connectivity index (χ2n) is 5.07. The Morgan fingerprint density at radius 3 is 3.12 bits per heavy atom. The predicted molar refractivity (Wildman–Crippen MR) is 63.8 cm³/mol. The first-order valence-corrected chi connectivity index (χ1v) is 6.01. The maximum Gasteiger partial charge on any atom is 0.164 e. The maximum absolute atomic E-state index is 12.2. The SMILES string of the molecule is C=C1CCC2C(C1=O)C1CC=CC=C1N2C. The molecule has 16 heavy (non-hydrogen) atoms. The second-order valence-corrected chi connectivity index (χ2v) is 5.07. The van der Waals surface area contributed by atoms with E-state index in [1.807, 2.05) is 0 Å². The summed E-state index contributed by atoms with van der Waals surface area (Å²) in [7, 11) is 2.13. The average molecular weight is 215 g/mol. The van der Waals surface area contributed by atoms with Crippen LogP contribution in [0.2, 0.25) is 0 Å². The van der Waals surface area contributed by atoms with Crippen LogP contribution in [-0.4, -0.2) is 23.8 Å². The highest BCUT2D eigenvalue weighted by Gasteiger charge is 2.49. The van der Waals surface area contributed by atoms with Crippen LogP contribution in [0.3, 0.4) is 0 Å². The highest BCUT2D eigenvalue weighted by Crippen LogP contribution is 2.46. The molecular formula is C14H17NO. The van der Waals surface area contributed by atoms with Crippen molar-refractivity contribution in [2.45, 2.75) is 25.3 Å². The van der Waals surface area contributed by atoms with Gasteiger partial charge in [-0.2, -0.15) is 0 Å². The summed E-state index contributed by atoms with van der Waals surface area (Å²) in [4.78, 5) is 14.6. The van der Waals surface area contributed by atoms with Gasteiger partial charge >= 0.3 is 0 Å². The van der Waals surface area contributed by atoms with Crippen molar-refractivity contribution in [3.05, 3.63) is 36.1 Å². The molecule has 0 aromatic carbocycles. The zero-order valence-electron chi connectivity index (χ0n) is 9.65. The molecule has 3 rings (SSSR count). The van der Waals surface area contributed by atoms with Crippen LogP contribution in [0.15, 0.2) is 36.1 Å². The quantitative estimate of drug-likeness (QED) is 0.578. The van der Waals surface area contributed by atoms with Gasteiger partial charge in [-0.3, -0.25) is 4.79 Å². The Kier molecular flexibility index (Phi) is 2.06. The second kappa shape index (κ2) is 3.34. The molecule has 0 aromatic heterocycles. The van der Waals surface area contributed by atoms with Gasteiger partial charge in [-0.1, -0.05) is 18.7 Å². The molecule has 0 radical (unpaired) electrons. The lowest BCUT2D eigenvalue weighted by Gasteiger charge is -2.30. The van der Waals surface area contributed by atoms with Crippen molar-refractivity contribution in [2.24, 2.45) is 11.8 Å². The Bertz CT molecular complexity index is 418. The molecule has 1 saturated heterocycles. The van der Waals surface area contributed by atoms with Crippen molar-refractivity contribution in [1.82, 2.24) is 4.90 Å². The first kappa shape index (κ1) is 9.88. The summed E-state index contributed by atoms with van der Waals surface area (Å²) in [6.07, 6.45) is 9.42. The van der Waals surface area contributed by atoms with E-state index in [-0.39, 0.29) is 5.92 Å². The number of allylic oxidation sites excluding steroid dienone is 5. The summed E-state index contributed by atoms with van der Waals surface area (Å²) in [5, 5.41) is 0. The number of likely N-dealkylation sites (tertiary alicyclic amines) is 1. The molecule has 0 amide bonds. The molecule has 84 valence electrons. The lowest BCUT2D eigenvalue weighted by Crippen LogP contribution is -2.38. The van der Waals surface area contributed by atoms with Crippen molar-refractivity contribution >= 4 is 5.78 Å². The maximum atomic E-state index is 12.2. The number of carbonyl (C=O) groups is 1. The Labute approximate surface area is 96.3 Å². The number of ketones is 1. The number of hydrogen-bond acceptors (Lipinski definition) is 2. The van der Waals surface area contributed by atoms with Gasteiger partial charge in [-0.05, 0) is 30.9 Å². The van der Waals surface area contributed by atoms with Gasteiger partial charge in [0.2, 0.25) is 0 Å². The van der Waals surface area contributed by atoms with Gasteiger partial charge in [-0.15, -0.1) is 0 Å². The lowest BCUT2D eigenvalue weighted by atomic mass is 9.74. The van der Waals surface area contributed by atoms with Crippen molar-refractivity contribution in [2.75, 3.05) is 7.05 Å². The van der Waals surface area contributed by atoms with E-state index in [1.54, 1.807) is 0 Å². The van der Waals surface area contributed by atoms with Gasteiger partial charge in [0.1, 0.15) is 0 Å². The Morgan fingerprint density at radius 2 is 2.31 bits per heavy atom. The van der Waals surface area contributed by atoms with E-state index in [2.05, 4.69) is 36.8 Å². The lowest BCUT2D eigenvalue weighted by molar-refractivity contribution is -0.122. The molecule has 0 N–H and O–H groups in total. The largest absolute Gasteiger partial charge is 0.374 e. The van der Waals surface area contributed by atoms with Crippen molar-refractivity contribution < 1.29 is 4.79 Å². The average Bonchev–Trinajstić information content (AvgIpc) is 2.59.